The Morgan fingerprint density at radius 3 is 1.84 bits per heavy atom. The number of hydrogen-bond acceptors (Lipinski definition) is 13. The molecule has 2 aliphatic carbocycles. The minimum Gasteiger partial charge on any atom is -0.379 e. The number of alkyl halides is 3. The molecule has 105 heavy (non-hydrogen) atoms. The predicted octanol–water partition coefficient (Wildman–Crippen LogP) is 6.93. The summed E-state index contributed by atoms with van der Waals surface area (Å²) in [5, 5.41) is 8.10. The standard InChI is InChI=1S/C76H120ClF3N12O13/c1-17-49(8)63-72(102)85(11)50(9)67(97)92-38-32-56(92)70(100)87(13)58(42-51-26-20-18-21-27-51)69(99)84(10)44-61(93)81-55(31-29-52-28-30-53(54(77)41-52)76(78,79)80)68(98)89(15)60(45-105-39-33-46(2)3)66(96)83-75(34-22-23-35-75)74(104)90(16)64(48(6)7)73(103)88(14)59(71(101)91-36-24-19-25-37-91)43-62(94)86(12)57(40-47(4)5)65(95)82-63/h28,30,41,46-51,55-60,63-64H,17-27,29,31-40,42-45H2,1-16H3,(H,81,93)(H,82,95)(H,83,96)/t49-,50-,55-,56-,57-,58-,59-,60+,63-,64-/m0/s1. The second-order valence-corrected chi connectivity index (χ2v) is 31.9. The van der Waals surface area contributed by atoms with Crippen LogP contribution >= 0.6 is 11.6 Å². The number of carbonyl (C=O) groups excluding carboxylic acids is 12. The lowest BCUT2D eigenvalue weighted by Crippen LogP contribution is -2.66. The Morgan fingerprint density at radius 1 is 0.657 bits per heavy atom. The largest absolute Gasteiger partial charge is 0.417 e. The predicted molar refractivity (Wildman–Crippen MR) is 391 cm³/mol. The number of nitrogens with zero attached hydrogens (tertiary/aromatic N) is 9. The van der Waals surface area contributed by atoms with Crippen molar-refractivity contribution < 1.29 is 75.4 Å². The van der Waals surface area contributed by atoms with Gasteiger partial charge in [0.1, 0.15) is 59.9 Å². The molecule has 1 aromatic carbocycles. The van der Waals surface area contributed by atoms with Crippen molar-refractivity contribution in [2.75, 3.05) is 88.7 Å². The molecule has 6 rings (SSSR count). The summed E-state index contributed by atoms with van der Waals surface area (Å²) in [7, 11) is 9.87. The zero-order chi connectivity index (χ0) is 78.3. The van der Waals surface area contributed by atoms with Crippen LogP contribution in [-0.2, 0) is 74.9 Å². The zero-order valence-corrected chi connectivity index (χ0v) is 65.8. The SMILES string of the molecule is CC[C@H](C)[C@@H]1NC(=O)[C@H](CC(C)C)N(C)C(=O)C[C@@H](C(=O)N2CCCCC2)N(C)C(=O)[C@H](C(C)C)N(C)C(=O)C2(CCCC2)NC(=O)[C@@H](COCCC(C)C)N(C)C(=O)[C@H](CCc2ccc(C(F)(F)F)c(Cl)c2)NC(=O)CN(C)C(=O)[C@H](CC2CCCCC2)N(C)C(=O)[C@@H]2CCN2C(=O)[C@H](C)N(C)C1=O. The van der Waals surface area contributed by atoms with Gasteiger partial charge in [-0.2, -0.15) is 13.2 Å². The van der Waals surface area contributed by atoms with Gasteiger partial charge in [-0.05, 0) is 125 Å². The quantitative estimate of drug-likeness (QED) is 0.142. The molecule has 1 aromatic rings. The molecule has 3 heterocycles. The highest BCUT2D eigenvalue weighted by Crippen LogP contribution is 2.37. The molecule has 0 radical (unpaired) electrons. The summed E-state index contributed by atoms with van der Waals surface area (Å²) in [4.78, 5) is 193. The molecule has 590 valence electrons. The van der Waals surface area contributed by atoms with Gasteiger partial charge in [0.2, 0.25) is 70.9 Å². The van der Waals surface area contributed by atoms with E-state index in [-0.39, 0.29) is 81.4 Å². The van der Waals surface area contributed by atoms with Gasteiger partial charge < -0.3 is 64.8 Å². The van der Waals surface area contributed by atoms with Crippen molar-refractivity contribution in [3.8, 4) is 0 Å². The highest BCUT2D eigenvalue weighted by Gasteiger charge is 2.51. The van der Waals surface area contributed by atoms with E-state index in [2.05, 4.69) is 16.0 Å². The average Bonchev–Trinajstić information content (AvgIpc) is 1.75. The van der Waals surface area contributed by atoms with E-state index < -0.39 is 179 Å². The average molecular weight is 1500 g/mol. The molecule has 5 fully saturated rings. The van der Waals surface area contributed by atoms with E-state index in [4.69, 9.17) is 16.3 Å². The lowest BCUT2D eigenvalue weighted by Gasteiger charge is -2.45. The maximum Gasteiger partial charge on any atom is 0.417 e. The van der Waals surface area contributed by atoms with Crippen molar-refractivity contribution in [2.45, 2.75) is 257 Å². The first-order valence-corrected chi connectivity index (χ1v) is 38.4. The van der Waals surface area contributed by atoms with Crippen LogP contribution in [0.25, 0.3) is 0 Å². The lowest BCUT2D eigenvalue weighted by molar-refractivity contribution is -0.160. The zero-order valence-electron chi connectivity index (χ0n) is 65.0. The van der Waals surface area contributed by atoms with Crippen molar-refractivity contribution >= 4 is 82.5 Å². The summed E-state index contributed by atoms with van der Waals surface area (Å²) in [6, 6.07) is -8.46. The second-order valence-electron chi connectivity index (χ2n) is 31.5. The number of likely N-dealkylation sites (tertiary alicyclic amines) is 1. The normalized spacial score (nSPS) is 26.6. The van der Waals surface area contributed by atoms with E-state index in [1.54, 1.807) is 25.7 Å². The molecular weight excluding hydrogens is 1380 g/mol. The van der Waals surface area contributed by atoms with Gasteiger partial charge in [-0.15, -0.1) is 0 Å². The molecule has 12 amide bonds. The van der Waals surface area contributed by atoms with E-state index >= 15 is 33.6 Å². The summed E-state index contributed by atoms with van der Waals surface area (Å²) >= 11 is 6.19. The Bertz CT molecular complexity index is 3230. The molecule has 3 saturated heterocycles. The summed E-state index contributed by atoms with van der Waals surface area (Å²) in [5.74, 6) is -9.29. The first-order valence-electron chi connectivity index (χ1n) is 38.1. The fourth-order valence-corrected chi connectivity index (χ4v) is 15.6. The van der Waals surface area contributed by atoms with Crippen LogP contribution in [0.1, 0.15) is 195 Å². The van der Waals surface area contributed by atoms with Gasteiger partial charge >= 0.3 is 6.18 Å². The van der Waals surface area contributed by atoms with Gasteiger partial charge in [-0.1, -0.05) is 124 Å². The van der Waals surface area contributed by atoms with Crippen molar-refractivity contribution in [3.63, 3.8) is 0 Å². The monoisotopic (exact) mass is 1500 g/mol. The van der Waals surface area contributed by atoms with E-state index in [0.717, 1.165) is 60.5 Å². The summed E-state index contributed by atoms with van der Waals surface area (Å²) < 4.78 is 48.1. The van der Waals surface area contributed by atoms with Gasteiger partial charge in [0, 0.05) is 75.6 Å². The van der Waals surface area contributed by atoms with Crippen molar-refractivity contribution in [3.05, 3.63) is 34.3 Å². The molecule has 10 atom stereocenters. The van der Waals surface area contributed by atoms with Crippen LogP contribution in [-0.4, -0.2) is 264 Å². The molecule has 0 unspecified atom stereocenters. The van der Waals surface area contributed by atoms with Gasteiger partial charge in [0.15, 0.2) is 0 Å². The van der Waals surface area contributed by atoms with Gasteiger partial charge in [-0.3, -0.25) is 57.5 Å². The molecule has 0 bridgehead atoms. The van der Waals surface area contributed by atoms with E-state index in [9.17, 15) is 37.1 Å². The number of fused-ring (bicyclic) bond motifs is 1. The van der Waals surface area contributed by atoms with Gasteiger partial charge in [0.25, 0.3) is 0 Å². The first-order chi connectivity index (χ1) is 49.3. The summed E-state index contributed by atoms with van der Waals surface area (Å²) in [6.07, 6.45) is 3.34. The molecule has 0 aromatic heterocycles. The number of likely N-dealkylation sites (N-methyl/N-ethyl adjacent to an activating group) is 7. The number of aryl methyl sites for hydroxylation is 1. The number of piperidine rings is 1. The van der Waals surface area contributed by atoms with Crippen LogP contribution in [0.5, 0.6) is 0 Å². The van der Waals surface area contributed by atoms with E-state index in [0.29, 0.717) is 51.6 Å². The summed E-state index contributed by atoms with van der Waals surface area (Å²) in [6.45, 7) is 16.2. The molecule has 3 aliphatic heterocycles. The highest BCUT2D eigenvalue weighted by atomic mass is 35.5. The fraction of sp³-hybridized carbons (Fsp3) is 0.763. The molecule has 5 aliphatic rings. The minimum atomic E-state index is -4.78. The maximum absolute atomic E-state index is 15.6. The van der Waals surface area contributed by atoms with Crippen LogP contribution in [0.3, 0.4) is 0 Å². The number of halogens is 4. The van der Waals surface area contributed by atoms with Crippen LogP contribution in [0.2, 0.25) is 5.02 Å². The smallest absolute Gasteiger partial charge is 0.379 e. The van der Waals surface area contributed by atoms with Crippen LogP contribution in [0.15, 0.2) is 18.2 Å². The number of ether oxygens (including phenoxy) is 1. The van der Waals surface area contributed by atoms with Gasteiger partial charge in [0.05, 0.1) is 30.2 Å². The Hall–Kier alpha value is -7.10. The Balaban J connectivity index is 1.48. The third-order valence-corrected chi connectivity index (χ3v) is 22.9. The number of rotatable bonds is 16. The Labute approximate surface area is 624 Å². The van der Waals surface area contributed by atoms with Crippen molar-refractivity contribution in [1.29, 1.82) is 0 Å². The molecular formula is C76H120ClF3N12O13. The Kier molecular flexibility index (Phi) is 31.9. The lowest BCUT2D eigenvalue weighted by atomic mass is 9.84. The Morgan fingerprint density at radius 2 is 1.28 bits per heavy atom. The van der Waals surface area contributed by atoms with Crippen molar-refractivity contribution in [1.82, 2.24) is 60.0 Å². The minimum absolute atomic E-state index is 0.00384. The number of nitrogens with one attached hydrogen (secondary N) is 3. The third kappa shape index (κ3) is 22.1. The fourth-order valence-electron chi connectivity index (χ4n) is 15.3. The van der Waals surface area contributed by atoms with Crippen LogP contribution < -0.4 is 16.0 Å². The first kappa shape index (κ1) is 86.8. The maximum atomic E-state index is 15.6. The van der Waals surface area contributed by atoms with E-state index in [1.807, 2.05) is 34.6 Å². The second kappa shape index (κ2) is 38.6. The van der Waals surface area contributed by atoms with Gasteiger partial charge in [-0.25, -0.2) is 0 Å². The molecule has 1 spiro atoms. The van der Waals surface area contributed by atoms with E-state index in [1.165, 1.54) is 91.7 Å². The van der Waals surface area contributed by atoms with Crippen LogP contribution in [0.4, 0.5) is 13.2 Å². The number of benzene rings is 1. The molecule has 25 nitrogen and oxygen atoms in total. The van der Waals surface area contributed by atoms with Crippen molar-refractivity contribution in [2.24, 2.45) is 29.6 Å². The molecule has 29 heteroatoms. The summed E-state index contributed by atoms with van der Waals surface area (Å²) in [5.41, 5.74) is -2.50. The topological polar surface area (TPSA) is 279 Å². The number of carbonyl (C=O) groups is 12. The number of hydrogen-bond donors (Lipinski definition) is 3. The number of amides is 12. The van der Waals surface area contributed by atoms with Crippen LogP contribution in [0, 0.1) is 29.6 Å². The third-order valence-electron chi connectivity index (χ3n) is 22.6. The molecule has 3 N–H and O–H groups in total. The highest BCUT2D eigenvalue weighted by molar-refractivity contribution is 6.31. The molecule has 2 saturated carbocycles.